The second kappa shape index (κ2) is 11.0. The van der Waals surface area contributed by atoms with E-state index in [2.05, 4.69) is 5.32 Å². The van der Waals surface area contributed by atoms with Gasteiger partial charge in [0.15, 0.2) is 5.75 Å². The highest BCUT2D eigenvalue weighted by Crippen LogP contribution is 2.36. The lowest BCUT2D eigenvalue weighted by Gasteiger charge is -2.25. The lowest BCUT2D eigenvalue weighted by atomic mass is 10.2. The average molecular weight is 541 g/mol. The maximum atomic E-state index is 13.6. The third-order valence-electron chi connectivity index (χ3n) is 5.23. The van der Waals surface area contributed by atoms with E-state index in [1.807, 2.05) is 25.1 Å². The first-order chi connectivity index (χ1) is 17.3. The molecule has 0 aliphatic carbocycles. The second-order valence-corrected chi connectivity index (χ2v) is 10.5. The summed E-state index contributed by atoms with van der Waals surface area (Å²) in [4.78, 5) is 13.2. The van der Waals surface area contributed by atoms with Crippen LogP contribution in [-0.4, -0.2) is 20.9 Å². The number of amides is 1. The fourth-order valence-electron chi connectivity index (χ4n) is 3.42. The minimum absolute atomic E-state index is 0.0183. The Morgan fingerprint density at radius 2 is 1.53 bits per heavy atom. The van der Waals surface area contributed by atoms with Gasteiger partial charge in [-0.1, -0.05) is 77.3 Å². The van der Waals surface area contributed by atoms with E-state index in [0.717, 1.165) is 9.87 Å². The SMILES string of the molecule is Cc1ccc(S(=O)(=O)N(CC(=O)Nc2ccccc2Oc2ccccc2)c2cccc(Cl)c2Cl)cc1. The van der Waals surface area contributed by atoms with Gasteiger partial charge in [0.05, 0.1) is 26.3 Å². The third kappa shape index (κ3) is 5.82. The zero-order valence-corrected chi connectivity index (χ0v) is 21.5. The largest absolute Gasteiger partial charge is 0.455 e. The maximum absolute atomic E-state index is 13.6. The number of hydrogen-bond acceptors (Lipinski definition) is 4. The molecule has 1 amide bonds. The van der Waals surface area contributed by atoms with Crippen molar-refractivity contribution in [2.75, 3.05) is 16.2 Å². The van der Waals surface area contributed by atoms with Crippen LogP contribution < -0.4 is 14.4 Å². The molecule has 0 bridgehead atoms. The number of sulfonamides is 1. The molecule has 0 aliphatic rings. The number of anilines is 2. The number of para-hydroxylation sites is 3. The molecule has 0 saturated heterocycles. The van der Waals surface area contributed by atoms with Crippen molar-refractivity contribution in [2.45, 2.75) is 11.8 Å². The van der Waals surface area contributed by atoms with E-state index in [0.29, 0.717) is 17.2 Å². The van der Waals surface area contributed by atoms with Gasteiger partial charge < -0.3 is 10.1 Å². The first-order valence-corrected chi connectivity index (χ1v) is 13.1. The molecule has 36 heavy (non-hydrogen) atoms. The summed E-state index contributed by atoms with van der Waals surface area (Å²) < 4.78 is 34.1. The Bertz CT molecular complexity index is 1480. The van der Waals surface area contributed by atoms with E-state index in [4.69, 9.17) is 27.9 Å². The van der Waals surface area contributed by atoms with Crippen LogP contribution in [0.25, 0.3) is 0 Å². The summed E-state index contributed by atoms with van der Waals surface area (Å²) in [6, 6.07) is 26.9. The van der Waals surface area contributed by atoms with Crippen LogP contribution in [0.3, 0.4) is 0 Å². The molecule has 6 nitrogen and oxygen atoms in total. The van der Waals surface area contributed by atoms with Gasteiger partial charge in [-0.05, 0) is 55.5 Å². The number of nitrogens with one attached hydrogen (secondary N) is 1. The van der Waals surface area contributed by atoms with E-state index < -0.39 is 22.5 Å². The predicted octanol–water partition coefficient (Wildman–Crippen LogP) is 6.93. The Morgan fingerprint density at radius 3 is 2.25 bits per heavy atom. The zero-order valence-electron chi connectivity index (χ0n) is 19.2. The molecule has 0 unspecified atom stereocenters. The van der Waals surface area contributed by atoms with Crippen molar-refractivity contribution >= 4 is 50.5 Å². The van der Waals surface area contributed by atoms with Crippen LogP contribution in [0.15, 0.2) is 102 Å². The first kappa shape index (κ1) is 25.6. The van der Waals surface area contributed by atoms with Crippen molar-refractivity contribution in [3.63, 3.8) is 0 Å². The number of aryl methyl sites for hydroxylation is 1. The molecule has 0 radical (unpaired) electrons. The molecule has 0 heterocycles. The number of ether oxygens (including phenoxy) is 1. The lowest BCUT2D eigenvalue weighted by Crippen LogP contribution is -2.38. The number of carbonyl (C=O) groups is 1. The van der Waals surface area contributed by atoms with Crippen molar-refractivity contribution in [3.8, 4) is 11.5 Å². The average Bonchev–Trinajstić information content (AvgIpc) is 2.86. The summed E-state index contributed by atoms with van der Waals surface area (Å²) in [5.74, 6) is 0.408. The molecule has 4 rings (SSSR count). The summed E-state index contributed by atoms with van der Waals surface area (Å²) in [6.45, 7) is 1.31. The minimum atomic E-state index is -4.16. The van der Waals surface area contributed by atoms with Gasteiger partial charge in [-0.3, -0.25) is 9.10 Å². The fraction of sp³-hybridized carbons (Fsp3) is 0.0741. The van der Waals surface area contributed by atoms with Crippen LogP contribution in [0.1, 0.15) is 5.56 Å². The Balaban J connectivity index is 1.66. The van der Waals surface area contributed by atoms with Crippen LogP contribution in [0.5, 0.6) is 11.5 Å². The van der Waals surface area contributed by atoms with Crippen LogP contribution in [0.2, 0.25) is 10.0 Å². The van der Waals surface area contributed by atoms with Gasteiger partial charge >= 0.3 is 0 Å². The molecule has 9 heteroatoms. The normalized spacial score (nSPS) is 11.1. The molecule has 0 atom stereocenters. The number of hydrogen-bond donors (Lipinski definition) is 1. The van der Waals surface area contributed by atoms with E-state index >= 15 is 0 Å². The van der Waals surface area contributed by atoms with Crippen molar-refractivity contribution < 1.29 is 17.9 Å². The summed E-state index contributed by atoms with van der Waals surface area (Å²) in [6.07, 6.45) is 0. The van der Waals surface area contributed by atoms with E-state index in [1.54, 1.807) is 60.7 Å². The van der Waals surface area contributed by atoms with Crippen molar-refractivity contribution in [1.29, 1.82) is 0 Å². The van der Waals surface area contributed by atoms with Crippen molar-refractivity contribution in [3.05, 3.63) is 113 Å². The van der Waals surface area contributed by atoms with Gasteiger partial charge in [-0.15, -0.1) is 0 Å². The van der Waals surface area contributed by atoms with Crippen LogP contribution in [0, 0.1) is 6.92 Å². The number of nitrogens with zero attached hydrogens (tertiary/aromatic N) is 1. The maximum Gasteiger partial charge on any atom is 0.264 e. The van der Waals surface area contributed by atoms with Crippen LogP contribution >= 0.6 is 23.2 Å². The molecule has 0 aromatic heterocycles. The minimum Gasteiger partial charge on any atom is -0.455 e. The lowest BCUT2D eigenvalue weighted by molar-refractivity contribution is -0.114. The summed E-state index contributed by atoms with van der Waals surface area (Å²) in [7, 11) is -4.16. The Labute approximate surface area is 220 Å². The molecule has 4 aromatic rings. The zero-order chi connectivity index (χ0) is 25.7. The molecule has 0 aliphatic heterocycles. The monoisotopic (exact) mass is 540 g/mol. The van der Waals surface area contributed by atoms with E-state index in [1.165, 1.54) is 18.2 Å². The van der Waals surface area contributed by atoms with Gasteiger partial charge in [0.2, 0.25) is 5.91 Å². The molecule has 4 aromatic carbocycles. The van der Waals surface area contributed by atoms with E-state index in [9.17, 15) is 13.2 Å². The molecule has 1 N–H and O–H groups in total. The predicted molar refractivity (Wildman–Crippen MR) is 144 cm³/mol. The topological polar surface area (TPSA) is 75.7 Å². The third-order valence-corrected chi connectivity index (χ3v) is 7.81. The number of rotatable bonds is 8. The van der Waals surface area contributed by atoms with Gasteiger partial charge in [0.1, 0.15) is 12.3 Å². The molecule has 0 spiro atoms. The molecule has 184 valence electrons. The number of benzene rings is 4. The quantitative estimate of drug-likeness (QED) is 0.263. The first-order valence-electron chi connectivity index (χ1n) is 10.9. The molecular weight excluding hydrogens is 519 g/mol. The van der Waals surface area contributed by atoms with Crippen molar-refractivity contribution in [2.24, 2.45) is 0 Å². The number of halogens is 2. The Morgan fingerprint density at radius 1 is 0.861 bits per heavy atom. The summed E-state index contributed by atoms with van der Waals surface area (Å²) >= 11 is 12.5. The molecular formula is C27H22Cl2N2O4S. The van der Waals surface area contributed by atoms with Gasteiger partial charge in [-0.25, -0.2) is 8.42 Å². The van der Waals surface area contributed by atoms with Gasteiger partial charge in [0, 0.05) is 0 Å². The van der Waals surface area contributed by atoms with Gasteiger partial charge in [0.25, 0.3) is 10.0 Å². The Kier molecular flexibility index (Phi) is 7.84. The van der Waals surface area contributed by atoms with E-state index in [-0.39, 0.29) is 20.6 Å². The summed E-state index contributed by atoms with van der Waals surface area (Å²) in [5, 5.41) is 2.94. The highest BCUT2D eigenvalue weighted by atomic mass is 35.5. The molecule has 0 saturated carbocycles. The highest BCUT2D eigenvalue weighted by molar-refractivity contribution is 7.92. The standard InChI is InChI=1S/C27H22Cl2N2O4S/c1-19-14-16-21(17-15-19)36(33,34)31(24-12-7-10-22(28)27(24)29)18-26(32)30-23-11-5-6-13-25(23)35-20-8-3-2-4-9-20/h2-17H,18H2,1H3,(H,30,32). The smallest absolute Gasteiger partial charge is 0.264 e. The highest BCUT2D eigenvalue weighted by Gasteiger charge is 2.29. The second-order valence-electron chi connectivity index (χ2n) is 7.86. The van der Waals surface area contributed by atoms with Crippen molar-refractivity contribution in [1.82, 2.24) is 0 Å². The Hall–Kier alpha value is -3.52. The number of carbonyl (C=O) groups excluding carboxylic acids is 1. The fourth-order valence-corrected chi connectivity index (χ4v) is 5.30. The van der Waals surface area contributed by atoms with Gasteiger partial charge in [-0.2, -0.15) is 0 Å². The molecule has 0 fully saturated rings. The summed E-state index contributed by atoms with van der Waals surface area (Å²) in [5.41, 5.74) is 1.37. The van der Waals surface area contributed by atoms with Crippen LogP contribution in [-0.2, 0) is 14.8 Å². The van der Waals surface area contributed by atoms with Crippen LogP contribution in [0.4, 0.5) is 11.4 Å².